The molecule has 2 rings (SSSR count). The highest BCUT2D eigenvalue weighted by atomic mass is 16.5. The van der Waals surface area contributed by atoms with Crippen molar-refractivity contribution in [2.24, 2.45) is 18.7 Å². The minimum absolute atomic E-state index is 0.263. The molecule has 0 aliphatic rings. The van der Waals surface area contributed by atoms with Crippen molar-refractivity contribution in [3.63, 3.8) is 0 Å². The maximum absolute atomic E-state index is 12.4. The highest BCUT2D eigenvalue weighted by Gasteiger charge is 2.26. The number of hydrogen-bond acceptors (Lipinski definition) is 4. The van der Waals surface area contributed by atoms with E-state index in [0.717, 1.165) is 16.5 Å². The van der Waals surface area contributed by atoms with E-state index in [1.807, 2.05) is 55.9 Å². The monoisotopic (exact) mass is 359 g/mol. The number of carbonyl (C=O) groups is 2. The third kappa shape index (κ3) is 4.85. The Morgan fingerprint density at radius 2 is 1.96 bits per heavy atom. The summed E-state index contributed by atoms with van der Waals surface area (Å²) in [6.07, 6.45) is 2.91. The van der Waals surface area contributed by atoms with Crippen LogP contribution in [0.1, 0.15) is 32.8 Å². The molecule has 0 saturated carbocycles. The molecule has 6 heteroatoms. The lowest BCUT2D eigenvalue weighted by atomic mass is 10.0. The van der Waals surface area contributed by atoms with Crippen LogP contribution in [-0.4, -0.2) is 35.1 Å². The van der Waals surface area contributed by atoms with Crippen molar-refractivity contribution >= 4 is 22.8 Å². The molecular formula is C20H29N3O3. The highest BCUT2D eigenvalue weighted by molar-refractivity contribution is 5.89. The number of nitrogens with two attached hydrogens (primary N) is 1. The summed E-state index contributed by atoms with van der Waals surface area (Å²) in [4.78, 5) is 24.8. The zero-order chi connectivity index (χ0) is 19.3. The van der Waals surface area contributed by atoms with E-state index >= 15 is 0 Å². The van der Waals surface area contributed by atoms with Crippen molar-refractivity contribution in [3.8, 4) is 0 Å². The summed E-state index contributed by atoms with van der Waals surface area (Å²) in [6.45, 7) is 6.02. The molecule has 6 nitrogen and oxygen atoms in total. The molecule has 0 unspecified atom stereocenters. The van der Waals surface area contributed by atoms with Gasteiger partial charge in [-0.3, -0.25) is 4.79 Å². The second kappa shape index (κ2) is 8.85. The molecule has 142 valence electrons. The lowest BCUT2D eigenvalue weighted by Gasteiger charge is -2.20. The number of nitrogens with one attached hydrogen (secondary N) is 1. The Hall–Kier alpha value is -2.34. The molecule has 0 aliphatic carbocycles. The minimum Gasteiger partial charge on any atom is -0.464 e. The van der Waals surface area contributed by atoms with Gasteiger partial charge in [-0.1, -0.05) is 32.0 Å². The van der Waals surface area contributed by atoms with E-state index in [-0.39, 0.29) is 12.5 Å². The fourth-order valence-corrected chi connectivity index (χ4v) is 3.14. The van der Waals surface area contributed by atoms with Gasteiger partial charge in [0.05, 0.1) is 12.6 Å². The normalized spacial score (nSPS) is 13.6. The van der Waals surface area contributed by atoms with Crippen LogP contribution < -0.4 is 11.1 Å². The lowest BCUT2D eigenvalue weighted by molar-refractivity contribution is -0.147. The van der Waals surface area contributed by atoms with Gasteiger partial charge in [-0.2, -0.15) is 0 Å². The van der Waals surface area contributed by atoms with Gasteiger partial charge in [0, 0.05) is 30.6 Å². The molecule has 0 radical (unpaired) electrons. The van der Waals surface area contributed by atoms with Gasteiger partial charge in [0.15, 0.2) is 0 Å². The van der Waals surface area contributed by atoms with Crippen LogP contribution >= 0.6 is 0 Å². The Kier molecular flexibility index (Phi) is 6.80. The van der Waals surface area contributed by atoms with Crippen molar-refractivity contribution in [1.29, 1.82) is 0 Å². The van der Waals surface area contributed by atoms with Crippen molar-refractivity contribution in [1.82, 2.24) is 9.88 Å². The topological polar surface area (TPSA) is 86.3 Å². The molecule has 1 amide bonds. The second-order valence-corrected chi connectivity index (χ2v) is 7.04. The van der Waals surface area contributed by atoms with Gasteiger partial charge >= 0.3 is 5.97 Å². The maximum atomic E-state index is 12.4. The number of esters is 1. The SMILES string of the molecule is CCOC(=O)[C@@H](Cc1cn(C)c2ccccc12)NC(=O)[C@@H](N)CC(C)C. The van der Waals surface area contributed by atoms with Crippen LogP contribution in [0.3, 0.4) is 0 Å². The Morgan fingerprint density at radius 1 is 1.27 bits per heavy atom. The fraction of sp³-hybridized carbons (Fsp3) is 0.500. The quantitative estimate of drug-likeness (QED) is 0.707. The summed E-state index contributed by atoms with van der Waals surface area (Å²) in [7, 11) is 1.96. The van der Waals surface area contributed by atoms with E-state index < -0.39 is 18.1 Å². The number of amides is 1. The summed E-state index contributed by atoms with van der Waals surface area (Å²) in [5.41, 5.74) is 8.02. The summed E-state index contributed by atoms with van der Waals surface area (Å²) >= 11 is 0. The number of carbonyl (C=O) groups excluding carboxylic acids is 2. The molecule has 0 bridgehead atoms. The zero-order valence-electron chi connectivity index (χ0n) is 16.0. The van der Waals surface area contributed by atoms with Crippen molar-refractivity contribution in [2.45, 2.75) is 45.7 Å². The molecule has 0 aliphatic heterocycles. The number of aromatic nitrogens is 1. The number of rotatable bonds is 8. The maximum Gasteiger partial charge on any atom is 0.328 e. The van der Waals surface area contributed by atoms with Crippen LogP contribution in [0, 0.1) is 5.92 Å². The van der Waals surface area contributed by atoms with Crippen LogP contribution in [0.2, 0.25) is 0 Å². The Balaban J connectivity index is 2.21. The predicted octanol–water partition coefficient (Wildman–Crippen LogP) is 2.14. The van der Waals surface area contributed by atoms with E-state index in [9.17, 15) is 9.59 Å². The highest BCUT2D eigenvalue weighted by Crippen LogP contribution is 2.22. The smallest absolute Gasteiger partial charge is 0.328 e. The Labute approximate surface area is 154 Å². The molecule has 1 aromatic carbocycles. The van der Waals surface area contributed by atoms with Crippen LogP contribution in [-0.2, 0) is 27.8 Å². The summed E-state index contributed by atoms with van der Waals surface area (Å²) in [5.74, 6) is -0.461. The number of hydrogen-bond donors (Lipinski definition) is 2. The number of aryl methyl sites for hydroxylation is 1. The average Bonchev–Trinajstić information content (AvgIpc) is 2.90. The van der Waals surface area contributed by atoms with Crippen LogP contribution in [0.15, 0.2) is 30.5 Å². The van der Waals surface area contributed by atoms with Gasteiger partial charge in [-0.15, -0.1) is 0 Å². The molecule has 0 fully saturated rings. The molecule has 2 aromatic rings. The molecule has 26 heavy (non-hydrogen) atoms. The van der Waals surface area contributed by atoms with Crippen LogP contribution in [0.4, 0.5) is 0 Å². The van der Waals surface area contributed by atoms with Gasteiger partial charge < -0.3 is 20.4 Å². The number of ether oxygens (including phenoxy) is 1. The lowest BCUT2D eigenvalue weighted by Crippen LogP contribution is -2.50. The van der Waals surface area contributed by atoms with Gasteiger partial charge in [0.2, 0.25) is 5.91 Å². The second-order valence-electron chi connectivity index (χ2n) is 7.04. The number of fused-ring (bicyclic) bond motifs is 1. The summed E-state index contributed by atoms with van der Waals surface area (Å²) in [5, 5.41) is 3.84. The average molecular weight is 359 g/mol. The first-order chi connectivity index (χ1) is 12.3. The third-order valence-electron chi connectivity index (χ3n) is 4.35. The predicted molar refractivity (Wildman–Crippen MR) is 103 cm³/mol. The minimum atomic E-state index is -0.758. The van der Waals surface area contributed by atoms with Crippen LogP contribution in [0.25, 0.3) is 10.9 Å². The van der Waals surface area contributed by atoms with E-state index in [1.54, 1.807) is 6.92 Å². The zero-order valence-corrected chi connectivity index (χ0v) is 16.0. The molecule has 1 heterocycles. The molecule has 1 aromatic heterocycles. The standard InChI is InChI=1S/C20H29N3O3/c1-5-26-20(25)17(22-19(24)16(21)10-13(2)3)11-14-12-23(4)18-9-7-6-8-15(14)18/h6-9,12-13,16-17H,5,10-11,21H2,1-4H3,(H,22,24)/t16-,17+/m0/s1. The number of nitrogens with zero attached hydrogens (tertiary/aromatic N) is 1. The Morgan fingerprint density at radius 3 is 2.62 bits per heavy atom. The molecule has 3 N–H and O–H groups in total. The molecule has 2 atom stereocenters. The molecular weight excluding hydrogens is 330 g/mol. The van der Waals surface area contributed by atoms with Crippen molar-refractivity contribution in [3.05, 3.63) is 36.0 Å². The van der Waals surface area contributed by atoms with Crippen molar-refractivity contribution < 1.29 is 14.3 Å². The first-order valence-electron chi connectivity index (χ1n) is 9.09. The largest absolute Gasteiger partial charge is 0.464 e. The molecule has 0 saturated heterocycles. The van der Waals surface area contributed by atoms with E-state index in [1.165, 1.54) is 0 Å². The first-order valence-corrected chi connectivity index (χ1v) is 9.09. The van der Waals surface area contributed by atoms with E-state index in [0.29, 0.717) is 18.8 Å². The summed E-state index contributed by atoms with van der Waals surface area (Å²) < 4.78 is 7.17. The first kappa shape index (κ1) is 20.0. The van der Waals surface area contributed by atoms with Gasteiger partial charge in [0.25, 0.3) is 0 Å². The van der Waals surface area contributed by atoms with Gasteiger partial charge in [0.1, 0.15) is 6.04 Å². The Bertz CT molecular complexity index is 767. The van der Waals surface area contributed by atoms with Crippen LogP contribution in [0.5, 0.6) is 0 Å². The number of benzene rings is 1. The third-order valence-corrected chi connectivity index (χ3v) is 4.35. The van der Waals surface area contributed by atoms with Gasteiger partial charge in [-0.05, 0) is 30.9 Å². The van der Waals surface area contributed by atoms with E-state index in [2.05, 4.69) is 5.32 Å². The molecule has 0 spiro atoms. The number of para-hydroxylation sites is 1. The summed E-state index contributed by atoms with van der Waals surface area (Å²) in [6, 6.07) is 6.57. The van der Waals surface area contributed by atoms with Crippen molar-refractivity contribution in [2.75, 3.05) is 6.61 Å². The fourth-order valence-electron chi connectivity index (χ4n) is 3.14. The van der Waals surface area contributed by atoms with Gasteiger partial charge in [-0.25, -0.2) is 4.79 Å². The van der Waals surface area contributed by atoms with E-state index in [4.69, 9.17) is 10.5 Å².